The second kappa shape index (κ2) is 10.7. The third kappa shape index (κ3) is 4.52. The van der Waals surface area contributed by atoms with E-state index in [4.69, 9.17) is 9.72 Å². The Labute approximate surface area is 254 Å². The molecule has 1 spiro atoms. The van der Waals surface area contributed by atoms with Gasteiger partial charge in [0, 0.05) is 30.2 Å². The van der Waals surface area contributed by atoms with Gasteiger partial charge in [-0.15, -0.1) is 0 Å². The number of hydrogen-bond acceptors (Lipinski definition) is 8. The van der Waals surface area contributed by atoms with E-state index < -0.39 is 11.6 Å². The molecule has 3 saturated heterocycles. The summed E-state index contributed by atoms with van der Waals surface area (Å²) in [6.45, 7) is 4.07. The van der Waals surface area contributed by atoms with Crippen molar-refractivity contribution in [1.82, 2.24) is 19.9 Å². The van der Waals surface area contributed by atoms with Crippen LogP contribution in [0.5, 0.6) is 6.01 Å². The van der Waals surface area contributed by atoms with Gasteiger partial charge in [-0.05, 0) is 87.7 Å². The third-order valence-electron chi connectivity index (χ3n) is 10.8. The van der Waals surface area contributed by atoms with Crippen LogP contribution in [0, 0.1) is 22.0 Å². The van der Waals surface area contributed by atoms with Crippen LogP contribution in [0.2, 0.25) is 0 Å². The number of hydrogen-bond donors (Lipinski definition) is 0. The van der Waals surface area contributed by atoms with Crippen LogP contribution in [0.1, 0.15) is 57.8 Å². The van der Waals surface area contributed by atoms with E-state index in [1.54, 1.807) is 24.4 Å². The van der Waals surface area contributed by atoms with Crippen LogP contribution in [-0.4, -0.2) is 64.2 Å². The number of pyridine rings is 1. The molecule has 2 atom stereocenters. The minimum Gasteiger partial charge on any atom is -0.461 e. The van der Waals surface area contributed by atoms with E-state index in [9.17, 15) is 4.91 Å². The summed E-state index contributed by atoms with van der Waals surface area (Å²) in [4.78, 5) is 30.2. The number of rotatable bonds is 6. The first kappa shape index (κ1) is 27.7. The Balaban J connectivity index is 1.23. The lowest BCUT2D eigenvalue weighted by Gasteiger charge is -2.41. The van der Waals surface area contributed by atoms with E-state index in [0.717, 1.165) is 77.4 Å². The van der Waals surface area contributed by atoms with Crippen LogP contribution in [-0.2, 0) is 0 Å². The molecule has 0 radical (unpaired) electrons. The fourth-order valence-corrected chi connectivity index (χ4v) is 8.69. The number of piperidine rings is 1. The lowest BCUT2D eigenvalue weighted by atomic mass is 9.78. The van der Waals surface area contributed by atoms with E-state index >= 15 is 8.78 Å². The monoisotopic (exact) mass is 598 g/mol. The van der Waals surface area contributed by atoms with Crippen molar-refractivity contribution in [1.29, 1.82) is 0 Å². The number of ether oxygens (including phenoxy) is 1. The predicted octanol–water partition coefficient (Wildman–Crippen LogP) is 7.04. The van der Waals surface area contributed by atoms with Crippen molar-refractivity contribution in [3.8, 4) is 17.3 Å². The lowest BCUT2D eigenvalue weighted by molar-refractivity contribution is 0.107. The maximum atomic E-state index is 16.7. The zero-order chi connectivity index (χ0) is 29.9. The molecule has 44 heavy (non-hydrogen) atoms. The number of aromatic nitrogens is 3. The van der Waals surface area contributed by atoms with Crippen LogP contribution in [0.3, 0.4) is 0 Å². The molecular weight excluding hydrogens is 562 g/mol. The van der Waals surface area contributed by atoms with E-state index in [0.29, 0.717) is 40.7 Å². The Morgan fingerprint density at radius 2 is 1.77 bits per heavy atom. The number of benzene rings is 2. The van der Waals surface area contributed by atoms with Gasteiger partial charge in [0.25, 0.3) is 0 Å². The molecule has 228 valence electrons. The Hall–Kier alpha value is -3.79. The Morgan fingerprint density at radius 1 is 0.977 bits per heavy atom. The summed E-state index contributed by atoms with van der Waals surface area (Å²) in [5, 5.41) is 4.86. The predicted molar refractivity (Wildman–Crippen MR) is 166 cm³/mol. The zero-order valence-corrected chi connectivity index (χ0v) is 24.8. The van der Waals surface area contributed by atoms with Gasteiger partial charge in [-0.3, -0.25) is 9.88 Å². The van der Waals surface area contributed by atoms with Gasteiger partial charge in [-0.1, -0.05) is 35.5 Å². The zero-order valence-electron chi connectivity index (χ0n) is 24.8. The third-order valence-corrected chi connectivity index (χ3v) is 10.8. The van der Waals surface area contributed by atoms with Gasteiger partial charge < -0.3 is 9.64 Å². The highest BCUT2D eigenvalue weighted by atomic mass is 19.1. The number of fused-ring (bicyclic) bond motifs is 3. The second-order valence-electron chi connectivity index (χ2n) is 13.4. The average Bonchev–Trinajstić information content (AvgIpc) is 3.75. The van der Waals surface area contributed by atoms with E-state index in [2.05, 4.69) is 24.9 Å². The molecule has 3 aliphatic heterocycles. The highest BCUT2D eigenvalue weighted by Crippen LogP contribution is 2.47. The van der Waals surface area contributed by atoms with Crippen molar-refractivity contribution < 1.29 is 13.5 Å². The molecule has 5 heterocycles. The SMILES string of the molecule is O=NC1CCC2(CCCN(c3nc(OCC45CCCN4CCC5)nc4c(F)c(-c5cccc6cccc(F)c56)ncc34)C2)C1. The molecular formula is C34H36F2N6O2. The molecule has 4 fully saturated rings. The van der Waals surface area contributed by atoms with Gasteiger partial charge >= 0.3 is 6.01 Å². The lowest BCUT2D eigenvalue weighted by Crippen LogP contribution is -2.44. The van der Waals surface area contributed by atoms with Gasteiger partial charge in [0.2, 0.25) is 0 Å². The van der Waals surface area contributed by atoms with Crippen LogP contribution >= 0.6 is 0 Å². The molecule has 8 rings (SSSR count). The molecule has 4 aromatic rings. The van der Waals surface area contributed by atoms with Gasteiger partial charge in [-0.25, -0.2) is 8.78 Å². The number of nitroso groups, excluding NO2 is 1. The first-order valence-corrected chi connectivity index (χ1v) is 16.0. The highest BCUT2D eigenvalue weighted by molar-refractivity contribution is 5.99. The van der Waals surface area contributed by atoms with E-state index in [1.807, 2.05) is 12.1 Å². The summed E-state index contributed by atoms with van der Waals surface area (Å²) >= 11 is 0. The maximum Gasteiger partial charge on any atom is 0.319 e. The minimum absolute atomic E-state index is 0.0171. The van der Waals surface area contributed by atoms with Crippen LogP contribution in [0.4, 0.5) is 14.6 Å². The molecule has 1 aliphatic carbocycles. The maximum absolute atomic E-state index is 16.7. The average molecular weight is 599 g/mol. The highest BCUT2D eigenvalue weighted by Gasteiger charge is 2.46. The van der Waals surface area contributed by atoms with Crippen LogP contribution in [0.25, 0.3) is 32.9 Å². The summed E-state index contributed by atoms with van der Waals surface area (Å²) in [6.07, 6.45) is 10.5. The summed E-state index contributed by atoms with van der Waals surface area (Å²) in [5.74, 6) is -0.450. The molecule has 2 aromatic carbocycles. The van der Waals surface area contributed by atoms with Crippen LogP contribution < -0.4 is 9.64 Å². The smallest absolute Gasteiger partial charge is 0.319 e. The van der Waals surface area contributed by atoms with Crippen molar-refractivity contribution in [2.45, 2.75) is 69.4 Å². The first-order chi connectivity index (χ1) is 21.5. The quantitative estimate of drug-likeness (QED) is 0.220. The summed E-state index contributed by atoms with van der Waals surface area (Å²) in [5.41, 5.74) is 0.509. The van der Waals surface area contributed by atoms with Crippen molar-refractivity contribution in [3.63, 3.8) is 0 Å². The van der Waals surface area contributed by atoms with Gasteiger partial charge in [0.1, 0.15) is 29.5 Å². The Morgan fingerprint density at radius 3 is 2.57 bits per heavy atom. The number of halogens is 2. The molecule has 0 amide bonds. The van der Waals surface area contributed by atoms with Gasteiger partial charge in [0.15, 0.2) is 5.82 Å². The summed E-state index contributed by atoms with van der Waals surface area (Å²) < 4.78 is 38.1. The first-order valence-electron chi connectivity index (χ1n) is 16.0. The normalized spacial score (nSPS) is 24.9. The molecule has 1 saturated carbocycles. The molecule has 8 nitrogen and oxygen atoms in total. The fourth-order valence-electron chi connectivity index (χ4n) is 8.69. The minimum atomic E-state index is -0.619. The molecule has 0 N–H and O–H groups in total. The van der Waals surface area contributed by atoms with Crippen LogP contribution in [0.15, 0.2) is 47.8 Å². The van der Waals surface area contributed by atoms with Crippen molar-refractivity contribution in [2.24, 2.45) is 10.6 Å². The fraction of sp³-hybridized carbons (Fsp3) is 0.500. The molecule has 10 heteroatoms. The van der Waals surface area contributed by atoms with E-state index in [1.165, 1.54) is 6.07 Å². The van der Waals surface area contributed by atoms with Crippen molar-refractivity contribution in [2.75, 3.05) is 37.7 Å². The van der Waals surface area contributed by atoms with E-state index in [-0.39, 0.29) is 34.2 Å². The molecule has 0 bridgehead atoms. The van der Waals surface area contributed by atoms with Gasteiger partial charge in [-0.2, -0.15) is 14.9 Å². The van der Waals surface area contributed by atoms with Crippen molar-refractivity contribution >= 4 is 27.5 Å². The number of nitrogens with zero attached hydrogens (tertiary/aromatic N) is 6. The van der Waals surface area contributed by atoms with Crippen molar-refractivity contribution in [3.05, 3.63) is 59.1 Å². The largest absolute Gasteiger partial charge is 0.461 e. The Kier molecular flexibility index (Phi) is 6.73. The standard InChI is InChI=1S/C34H36F2N6O2/c35-26-9-2-7-22-6-1-8-24(27(22)26)29-28(36)30-25(19-37-29)31(41-15-3-11-33(20-41)14-10-23(18-33)40-43)39-32(38-30)44-21-34-12-4-16-42(34)17-5-13-34/h1-2,6-9,19,23H,3-5,10-18,20-21H2. The molecule has 2 unspecified atom stereocenters. The Bertz CT molecular complexity index is 1750. The van der Waals surface area contributed by atoms with Gasteiger partial charge in [0.05, 0.1) is 17.0 Å². The summed E-state index contributed by atoms with van der Waals surface area (Å²) in [7, 11) is 0. The number of anilines is 1. The second-order valence-corrected chi connectivity index (χ2v) is 13.4. The topological polar surface area (TPSA) is 83.8 Å². The molecule has 4 aliphatic rings. The summed E-state index contributed by atoms with van der Waals surface area (Å²) in [6, 6.07) is 10.1. The molecule has 2 aromatic heterocycles.